The van der Waals surface area contributed by atoms with E-state index in [-0.39, 0.29) is 11.7 Å². The molecule has 0 atom stereocenters. The van der Waals surface area contributed by atoms with Gasteiger partial charge in [-0.05, 0) is 54.8 Å². The number of halogens is 2. The number of aryl methyl sites for hydroxylation is 1. The van der Waals surface area contributed by atoms with E-state index in [0.29, 0.717) is 25.9 Å². The third-order valence-electron chi connectivity index (χ3n) is 3.51. The molecule has 1 amide bonds. The Morgan fingerprint density at radius 3 is 2.57 bits per heavy atom. The molecule has 3 nitrogen and oxygen atoms in total. The summed E-state index contributed by atoms with van der Waals surface area (Å²) in [6.07, 6.45) is 1.12. The van der Waals surface area contributed by atoms with E-state index < -0.39 is 0 Å². The Balaban J connectivity index is 1.66. The first kappa shape index (κ1) is 17.5. The lowest BCUT2D eigenvalue weighted by Gasteiger charge is -2.10. The van der Waals surface area contributed by atoms with E-state index in [1.807, 2.05) is 25.1 Å². The van der Waals surface area contributed by atoms with Crippen LogP contribution < -0.4 is 10.6 Å². The molecule has 0 spiro atoms. The van der Waals surface area contributed by atoms with Crippen molar-refractivity contribution in [2.75, 3.05) is 18.4 Å². The molecule has 0 aliphatic carbocycles. The van der Waals surface area contributed by atoms with Gasteiger partial charge >= 0.3 is 0 Å². The molecule has 0 aliphatic heterocycles. The summed E-state index contributed by atoms with van der Waals surface area (Å²) >= 11 is 3.43. The largest absolute Gasteiger partial charge is 0.384 e. The molecule has 0 unspecified atom stereocenters. The topological polar surface area (TPSA) is 41.1 Å². The van der Waals surface area contributed by atoms with Crippen LogP contribution in [0.4, 0.5) is 10.1 Å². The summed E-state index contributed by atoms with van der Waals surface area (Å²) in [4.78, 5) is 11.8. The first-order chi connectivity index (χ1) is 11.0. The molecule has 0 saturated carbocycles. The van der Waals surface area contributed by atoms with E-state index in [9.17, 15) is 9.18 Å². The molecule has 0 saturated heterocycles. The maximum atomic E-state index is 12.8. The minimum absolute atomic E-state index is 0.00868. The molecule has 0 aromatic heterocycles. The SMILES string of the molecule is Cc1cc(Br)ccc1NCCC(=O)NCCc1ccc(F)cc1. The van der Waals surface area contributed by atoms with Crippen molar-refractivity contribution < 1.29 is 9.18 Å². The molecule has 0 radical (unpaired) electrons. The highest BCUT2D eigenvalue weighted by atomic mass is 79.9. The third kappa shape index (κ3) is 6.02. The summed E-state index contributed by atoms with van der Waals surface area (Å²) in [7, 11) is 0. The van der Waals surface area contributed by atoms with Gasteiger partial charge in [-0.25, -0.2) is 4.39 Å². The van der Waals surface area contributed by atoms with Crippen molar-refractivity contribution in [2.24, 2.45) is 0 Å². The van der Waals surface area contributed by atoms with Crippen LogP contribution in [0.25, 0.3) is 0 Å². The van der Waals surface area contributed by atoms with Crippen LogP contribution in [0.15, 0.2) is 46.9 Å². The van der Waals surface area contributed by atoms with Crippen LogP contribution in [0, 0.1) is 12.7 Å². The van der Waals surface area contributed by atoms with Crippen LogP contribution in [-0.4, -0.2) is 19.0 Å². The van der Waals surface area contributed by atoms with E-state index in [2.05, 4.69) is 26.6 Å². The summed E-state index contributed by atoms with van der Waals surface area (Å²) in [6.45, 7) is 3.17. The molecule has 2 aromatic carbocycles. The first-order valence-electron chi connectivity index (χ1n) is 7.56. The summed E-state index contributed by atoms with van der Waals surface area (Å²) < 4.78 is 13.8. The Labute approximate surface area is 144 Å². The van der Waals surface area contributed by atoms with Crippen LogP contribution in [0.2, 0.25) is 0 Å². The van der Waals surface area contributed by atoms with Crippen LogP contribution in [0.1, 0.15) is 17.5 Å². The van der Waals surface area contributed by atoms with Gasteiger partial charge in [0.1, 0.15) is 5.82 Å². The third-order valence-corrected chi connectivity index (χ3v) is 4.00. The minimum Gasteiger partial charge on any atom is -0.384 e. The Hall–Kier alpha value is -1.88. The Morgan fingerprint density at radius 1 is 1.13 bits per heavy atom. The minimum atomic E-state index is -0.243. The number of nitrogens with one attached hydrogen (secondary N) is 2. The lowest BCUT2D eigenvalue weighted by Crippen LogP contribution is -2.27. The Kier molecular flexibility index (Phi) is 6.59. The predicted octanol–water partition coefficient (Wildman–Crippen LogP) is 4.06. The first-order valence-corrected chi connectivity index (χ1v) is 8.35. The van der Waals surface area contributed by atoms with Crippen molar-refractivity contribution in [3.05, 3.63) is 63.9 Å². The number of carbonyl (C=O) groups is 1. The van der Waals surface area contributed by atoms with Gasteiger partial charge < -0.3 is 10.6 Å². The molecule has 5 heteroatoms. The van der Waals surface area contributed by atoms with Crippen molar-refractivity contribution in [1.82, 2.24) is 5.32 Å². The number of rotatable bonds is 7. The van der Waals surface area contributed by atoms with Crippen LogP contribution >= 0.6 is 15.9 Å². The zero-order chi connectivity index (χ0) is 16.7. The van der Waals surface area contributed by atoms with Crippen molar-refractivity contribution in [2.45, 2.75) is 19.8 Å². The zero-order valence-electron chi connectivity index (χ0n) is 13.0. The van der Waals surface area contributed by atoms with Crippen LogP contribution in [0.5, 0.6) is 0 Å². The van der Waals surface area contributed by atoms with Gasteiger partial charge in [-0.2, -0.15) is 0 Å². The zero-order valence-corrected chi connectivity index (χ0v) is 14.6. The van der Waals surface area contributed by atoms with E-state index >= 15 is 0 Å². The highest BCUT2D eigenvalue weighted by Gasteiger charge is 2.03. The molecule has 2 aromatic rings. The summed E-state index contributed by atoms with van der Waals surface area (Å²) in [5, 5.41) is 6.14. The molecule has 122 valence electrons. The van der Waals surface area contributed by atoms with Crippen molar-refractivity contribution in [1.29, 1.82) is 0 Å². The van der Waals surface area contributed by atoms with Crippen LogP contribution in [-0.2, 0) is 11.2 Å². The Bertz CT molecular complexity index is 659. The fraction of sp³-hybridized carbons (Fsp3) is 0.278. The lowest BCUT2D eigenvalue weighted by atomic mass is 10.1. The van der Waals surface area contributed by atoms with Crippen molar-refractivity contribution in [3.63, 3.8) is 0 Å². The summed E-state index contributed by atoms with van der Waals surface area (Å²) in [5.41, 5.74) is 3.18. The van der Waals surface area contributed by atoms with Gasteiger partial charge in [0.15, 0.2) is 0 Å². The fourth-order valence-corrected chi connectivity index (χ4v) is 2.70. The van der Waals surface area contributed by atoms with Gasteiger partial charge in [0.2, 0.25) is 5.91 Å². The number of carbonyl (C=O) groups excluding carboxylic acids is 1. The second-order valence-electron chi connectivity index (χ2n) is 5.36. The average Bonchev–Trinajstić information content (AvgIpc) is 2.51. The highest BCUT2D eigenvalue weighted by molar-refractivity contribution is 9.10. The molecule has 0 bridgehead atoms. The summed E-state index contributed by atoms with van der Waals surface area (Å²) in [5.74, 6) is -0.235. The monoisotopic (exact) mass is 378 g/mol. The second-order valence-corrected chi connectivity index (χ2v) is 6.28. The van der Waals surface area contributed by atoms with E-state index in [1.54, 1.807) is 12.1 Å². The van der Waals surface area contributed by atoms with Gasteiger partial charge in [-0.1, -0.05) is 28.1 Å². The predicted molar refractivity (Wildman–Crippen MR) is 95.1 cm³/mol. The maximum absolute atomic E-state index is 12.8. The van der Waals surface area contributed by atoms with Crippen LogP contribution in [0.3, 0.4) is 0 Å². The maximum Gasteiger partial charge on any atom is 0.221 e. The summed E-state index contributed by atoms with van der Waals surface area (Å²) in [6, 6.07) is 12.3. The molecule has 0 aliphatic rings. The lowest BCUT2D eigenvalue weighted by molar-refractivity contribution is -0.120. The number of amides is 1. The van der Waals surface area contributed by atoms with E-state index in [0.717, 1.165) is 21.3 Å². The number of anilines is 1. The van der Waals surface area contributed by atoms with E-state index in [1.165, 1.54) is 12.1 Å². The molecule has 0 fully saturated rings. The number of hydrogen-bond donors (Lipinski definition) is 2. The molecular formula is C18H20BrFN2O. The normalized spacial score (nSPS) is 10.4. The van der Waals surface area contributed by atoms with Gasteiger partial charge in [-0.3, -0.25) is 4.79 Å². The molecule has 23 heavy (non-hydrogen) atoms. The fourth-order valence-electron chi connectivity index (χ4n) is 2.22. The standard InChI is InChI=1S/C18H20BrFN2O/c1-13-12-15(19)4-7-17(13)21-11-9-18(23)22-10-8-14-2-5-16(20)6-3-14/h2-7,12,21H,8-11H2,1H3,(H,22,23). The number of benzene rings is 2. The van der Waals surface area contributed by atoms with Gasteiger partial charge in [0, 0.05) is 29.7 Å². The van der Waals surface area contributed by atoms with E-state index in [4.69, 9.17) is 0 Å². The Morgan fingerprint density at radius 2 is 1.87 bits per heavy atom. The molecule has 2 rings (SSSR count). The average molecular weight is 379 g/mol. The number of hydrogen-bond acceptors (Lipinski definition) is 2. The quantitative estimate of drug-likeness (QED) is 0.762. The van der Waals surface area contributed by atoms with Gasteiger partial charge in [-0.15, -0.1) is 0 Å². The van der Waals surface area contributed by atoms with Crippen molar-refractivity contribution in [3.8, 4) is 0 Å². The smallest absolute Gasteiger partial charge is 0.221 e. The highest BCUT2D eigenvalue weighted by Crippen LogP contribution is 2.19. The molecular weight excluding hydrogens is 359 g/mol. The van der Waals surface area contributed by atoms with Gasteiger partial charge in [0.05, 0.1) is 0 Å². The molecule has 2 N–H and O–H groups in total. The second kappa shape index (κ2) is 8.67. The van der Waals surface area contributed by atoms with Crippen molar-refractivity contribution >= 4 is 27.5 Å². The van der Waals surface area contributed by atoms with Gasteiger partial charge in [0.25, 0.3) is 0 Å². The molecule has 0 heterocycles.